The number of carboxylic acid groups (broad SMARTS) is 1. The SMILES string of the molecule is Cc1c(C(=O)O)c2cc(=O)cc(F)c-2cn1-c1ccc(=O)[nH]c1. The van der Waals surface area contributed by atoms with Crippen LogP contribution in [0.2, 0.25) is 0 Å². The van der Waals surface area contributed by atoms with Crippen molar-refractivity contribution in [2.45, 2.75) is 6.92 Å². The van der Waals surface area contributed by atoms with Crippen LogP contribution in [0.4, 0.5) is 4.39 Å². The molecule has 6 nitrogen and oxygen atoms in total. The van der Waals surface area contributed by atoms with Gasteiger partial charge >= 0.3 is 5.97 Å². The van der Waals surface area contributed by atoms with Gasteiger partial charge in [-0.05, 0) is 19.1 Å². The minimum absolute atomic E-state index is 0.0128. The fourth-order valence-electron chi connectivity index (χ4n) is 2.56. The van der Waals surface area contributed by atoms with Gasteiger partial charge in [-0.15, -0.1) is 0 Å². The van der Waals surface area contributed by atoms with E-state index in [0.29, 0.717) is 11.4 Å². The number of rotatable bonds is 2. The molecule has 1 aliphatic heterocycles. The van der Waals surface area contributed by atoms with Crippen molar-refractivity contribution in [3.05, 3.63) is 74.3 Å². The number of nitrogens with one attached hydrogen (secondary N) is 1. The molecule has 23 heavy (non-hydrogen) atoms. The van der Waals surface area contributed by atoms with Crippen LogP contribution in [0, 0.1) is 12.7 Å². The minimum Gasteiger partial charge on any atom is -0.478 e. The highest BCUT2D eigenvalue weighted by atomic mass is 19.1. The van der Waals surface area contributed by atoms with Crippen LogP contribution in [0.1, 0.15) is 16.1 Å². The summed E-state index contributed by atoms with van der Waals surface area (Å²) in [6, 6.07) is 4.68. The molecule has 3 rings (SSSR count). The number of hydrogen-bond acceptors (Lipinski definition) is 3. The number of aromatic nitrogens is 2. The summed E-state index contributed by atoms with van der Waals surface area (Å²) in [7, 11) is 0. The van der Waals surface area contributed by atoms with E-state index in [-0.39, 0.29) is 22.2 Å². The van der Waals surface area contributed by atoms with E-state index in [1.54, 1.807) is 6.92 Å². The average Bonchev–Trinajstić information content (AvgIpc) is 2.47. The van der Waals surface area contributed by atoms with Crippen molar-refractivity contribution in [1.29, 1.82) is 0 Å². The molecule has 0 saturated carbocycles. The number of carboxylic acids is 1. The molecule has 2 N–H and O–H groups in total. The maximum absolute atomic E-state index is 14.1. The van der Waals surface area contributed by atoms with Gasteiger partial charge in [0, 0.05) is 41.3 Å². The zero-order valence-corrected chi connectivity index (χ0v) is 12.0. The van der Waals surface area contributed by atoms with Gasteiger partial charge in [0.1, 0.15) is 5.82 Å². The number of hydrogen-bond donors (Lipinski definition) is 2. The maximum Gasteiger partial charge on any atom is 0.338 e. The van der Waals surface area contributed by atoms with E-state index in [4.69, 9.17) is 0 Å². The first-order valence-corrected chi connectivity index (χ1v) is 6.66. The second-order valence-corrected chi connectivity index (χ2v) is 5.04. The second kappa shape index (κ2) is 5.20. The normalized spacial score (nSPS) is 10.9. The number of nitrogens with zero attached hydrogens (tertiary/aromatic N) is 1. The van der Waals surface area contributed by atoms with Gasteiger partial charge in [0.2, 0.25) is 5.56 Å². The molecule has 0 unspecified atom stereocenters. The van der Waals surface area contributed by atoms with E-state index >= 15 is 0 Å². The van der Waals surface area contributed by atoms with Crippen molar-refractivity contribution in [3.8, 4) is 16.8 Å². The number of carbonyl (C=O) groups is 1. The van der Waals surface area contributed by atoms with E-state index < -0.39 is 17.2 Å². The van der Waals surface area contributed by atoms with E-state index in [0.717, 1.165) is 12.1 Å². The van der Waals surface area contributed by atoms with Crippen molar-refractivity contribution in [2.75, 3.05) is 0 Å². The lowest BCUT2D eigenvalue weighted by Crippen LogP contribution is -2.16. The van der Waals surface area contributed by atoms with Crippen LogP contribution < -0.4 is 11.0 Å². The summed E-state index contributed by atoms with van der Waals surface area (Å²) >= 11 is 0. The first-order chi connectivity index (χ1) is 10.9. The third-order valence-electron chi connectivity index (χ3n) is 3.61. The summed E-state index contributed by atoms with van der Waals surface area (Å²) in [5.74, 6) is -2.07. The predicted molar refractivity (Wildman–Crippen MR) is 80.9 cm³/mol. The Labute approximate surface area is 128 Å². The molecule has 2 heterocycles. The first-order valence-electron chi connectivity index (χ1n) is 6.66. The Bertz CT molecular complexity index is 999. The topological polar surface area (TPSA) is 92.2 Å². The summed E-state index contributed by atoms with van der Waals surface area (Å²) in [4.78, 5) is 36.7. The molecular weight excluding hydrogens is 303 g/mol. The van der Waals surface area contributed by atoms with Crippen LogP contribution in [0.5, 0.6) is 0 Å². The fraction of sp³-hybridized carbons (Fsp3) is 0.0625. The monoisotopic (exact) mass is 314 g/mol. The largest absolute Gasteiger partial charge is 0.478 e. The number of benzene rings is 1. The van der Waals surface area contributed by atoms with Gasteiger partial charge in [0.25, 0.3) is 0 Å². The maximum atomic E-state index is 14.1. The van der Waals surface area contributed by atoms with Gasteiger partial charge < -0.3 is 14.7 Å². The lowest BCUT2D eigenvalue weighted by Gasteiger charge is -2.19. The van der Waals surface area contributed by atoms with Crippen molar-refractivity contribution >= 4 is 5.97 Å². The summed E-state index contributed by atoms with van der Waals surface area (Å²) in [6.07, 6.45) is 2.80. The molecule has 0 amide bonds. The lowest BCUT2D eigenvalue weighted by atomic mass is 9.97. The third-order valence-corrected chi connectivity index (χ3v) is 3.61. The molecule has 1 aliphatic carbocycles. The number of aromatic carboxylic acids is 1. The molecule has 1 aromatic heterocycles. The summed E-state index contributed by atoms with van der Waals surface area (Å²) < 4.78 is 15.6. The molecule has 1 aromatic rings. The quantitative estimate of drug-likeness (QED) is 0.754. The summed E-state index contributed by atoms with van der Waals surface area (Å²) in [5.41, 5.74) is -0.240. The molecule has 0 fully saturated rings. The van der Waals surface area contributed by atoms with Crippen molar-refractivity contribution in [3.63, 3.8) is 0 Å². The highest BCUT2D eigenvalue weighted by molar-refractivity contribution is 5.97. The van der Waals surface area contributed by atoms with E-state index in [1.807, 2.05) is 0 Å². The number of halogens is 1. The van der Waals surface area contributed by atoms with Crippen LogP contribution in [-0.4, -0.2) is 20.6 Å². The second-order valence-electron chi connectivity index (χ2n) is 5.04. The standard InChI is InChI=1S/C16H11FN2O4/c1-8-15(16(22)23)11-4-10(20)5-13(17)12(11)7-19(8)9-2-3-14(21)18-6-9/h2-7H,1H3,(H,18,21)(H,22,23). The third kappa shape index (κ3) is 2.42. The molecule has 0 radical (unpaired) electrons. The fourth-order valence-corrected chi connectivity index (χ4v) is 2.56. The van der Waals surface area contributed by atoms with Crippen LogP contribution in [0.15, 0.2) is 46.2 Å². The van der Waals surface area contributed by atoms with Crippen molar-refractivity contribution in [2.24, 2.45) is 0 Å². The average molecular weight is 314 g/mol. The number of pyridine rings is 2. The highest BCUT2D eigenvalue weighted by Crippen LogP contribution is 2.30. The van der Waals surface area contributed by atoms with Crippen molar-refractivity contribution in [1.82, 2.24) is 9.55 Å². The van der Waals surface area contributed by atoms with E-state index in [1.165, 1.54) is 29.1 Å². The van der Waals surface area contributed by atoms with E-state index in [2.05, 4.69) is 4.98 Å². The number of aromatic amines is 1. The van der Waals surface area contributed by atoms with Crippen LogP contribution >= 0.6 is 0 Å². The number of H-pyrrole nitrogens is 1. The summed E-state index contributed by atoms with van der Waals surface area (Å²) in [5, 5.41) is 9.47. The smallest absolute Gasteiger partial charge is 0.338 e. The molecule has 0 spiro atoms. The van der Waals surface area contributed by atoms with Crippen LogP contribution in [0.3, 0.4) is 0 Å². The number of fused-ring (bicyclic) bond motifs is 1. The molecule has 116 valence electrons. The van der Waals surface area contributed by atoms with Gasteiger partial charge in [0.15, 0.2) is 5.43 Å². The van der Waals surface area contributed by atoms with Gasteiger partial charge in [-0.25, -0.2) is 9.18 Å². The summed E-state index contributed by atoms with van der Waals surface area (Å²) in [6.45, 7) is 1.55. The van der Waals surface area contributed by atoms with Crippen LogP contribution in [-0.2, 0) is 0 Å². The molecule has 2 aliphatic rings. The van der Waals surface area contributed by atoms with E-state index in [9.17, 15) is 23.9 Å². The molecule has 7 heteroatoms. The van der Waals surface area contributed by atoms with Gasteiger partial charge in [-0.1, -0.05) is 0 Å². The Morgan fingerprint density at radius 3 is 2.57 bits per heavy atom. The van der Waals surface area contributed by atoms with Crippen LogP contribution in [0.25, 0.3) is 16.8 Å². The Hall–Kier alpha value is -3.22. The van der Waals surface area contributed by atoms with Gasteiger partial charge in [0.05, 0.1) is 11.3 Å². The Morgan fingerprint density at radius 1 is 1.22 bits per heavy atom. The van der Waals surface area contributed by atoms with Gasteiger partial charge in [-0.3, -0.25) is 9.59 Å². The molecular formula is C16H11FN2O4. The molecule has 0 aromatic carbocycles. The Balaban J connectivity index is 2.45. The molecule has 0 bridgehead atoms. The molecule has 0 atom stereocenters. The highest BCUT2D eigenvalue weighted by Gasteiger charge is 2.23. The predicted octanol–water partition coefficient (Wildman–Crippen LogP) is 1.78. The zero-order chi connectivity index (χ0) is 16.7. The minimum atomic E-state index is -1.27. The van der Waals surface area contributed by atoms with Crippen molar-refractivity contribution < 1.29 is 14.3 Å². The lowest BCUT2D eigenvalue weighted by molar-refractivity contribution is 0.0696. The Kier molecular flexibility index (Phi) is 3.33. The Morgan fingerprint density at radius 2 is 1.96 bits per heavy atom. The van der Waals surface area contributed by atoms with Gasteiger partial charge in [-0.2, -0.15) is 0 Å². The molecule has 0 saturated heterocycles. The first kappa shape index (κ1) is 14.7. The zero-order valence-electron chi connectivity index (χ0n) is 12.0.